The fraction of sp³-hybridized carbons (Fsp3) is 1.00. The Bertz CT molecular complexity index is 451. The van der Waals surface area contributed by atoms with Crippen LogP contribution in [0.4, 0.5) is 0 Å². The second-order valence-electron chi connectivity index (χ2n) is 7.21. The summed E-state index contributed by atoms with van der Waals surface area (Å²) in [6.45, 7) is 1.85. The van der Waals surface area contributed by atoms with Crippen LogP contribution in [0.2, 0.25) is 0 Å². The molecule has 0 bridgehead atoms. The van der Waals surface area contributed by atoms with Crippen molar-refractivity contribution in [3.8, 4) is 0 Å². The standard InChI is InChI=1S/C16H28O5S/c1-22(17,18)21-12-13-2-4-14(5-3-13)15-6-8-16(9-7-15)19-10-11-20-16/h13-15H,2-12H2,1H3. The topological polar surface area (TPSA) is 61.8 Å². The van der Waals surface area contributed by atoms with Gasteiger partial charge >= 0.3 is 0 Å². The molecule has 1 saturated heterocycles. The first-order valence-electron chi connectivity index (χ1n) is 8.58. The lowest BCUT2D eigenvalue weighted by Gasteiger charge is -2.40. The molecule has 128 valence electrons. The fourth-order valence-electron chi connectivity index (χ4n) is 4.38. The summed E-state index contributed by atoms with van der Waals surface area (Å²) in [6, 6.07) is 0. The Morgan fingerprint density at radius 2 is 1.50 bits per heavy atom. The zero-order chi connectivity index (χ0) is 15.6. The van der Waals surface area contributed by atoms with Crippen LogP contribution in [0.25, 0.3) is 0 Å². The van der Waals surface area contributed by atoms with Crippen LogP contribution in [0.15, 0.2) is 0 Å². The first kappa shape index (κ1) is 16.7. The van der Waals surface area contributed by atoms with E-state index in [0.717, 1.165) is 57.0 Å². The molecule has 0 aromatic rings. The molecule has 0 amide bonds. The molecule has 3 fully saturated rings. The van der Waals surface area contributed by atoms with Gasteiger partial charge in [-0.3, -0.25) is 4.18 Å². The highest BCUT2D eigenvalue weighted by molar-refractivity contribution is 7.85. The fourth-order valence-corrected chi connectivity index (χ4v) is 4.82. The third-order valence-electron chi connectivity index (χ3n) is 5.68. The zero-order valence-electron chi connectivity index (χ0n) is 13.5. The van der Waals surface area contributed by atoms with Crippen LogP contribution in [-0.2, 0) is 23.8 Å². The highest BCUT2D eigenvalue weighted by Gasteiger charge is 2.42. The first-order chi connectivity index (χ1) is 10.5. The van der Waals surface area contributed by atoms with E-state index >= 15 is 0 Å². The van der Waals surface area contributed by atoms with E-state index in [2.05, 4.69) is 0 Å². The number of ether oxygens (including phenoxy) is 2. The quantitative estimate of drug-likeness (QED) is 0.741. The maximum Gasteiger partial charge on any atom is 0.264 e. The van der Waals surface area contributed by atoms with Crippen LogP contribution in [0.3, 0.4) is 0 Å². The molecule has 0 unspecified atom stereocenters. The highest BCUT2D eigenvalue weighted by atomic mass is 32.2. The number of hydrogen-bond acceptors (Lipinski definition) is 5. The molecule has 1 heterocycles. The van der Waals surface area contributed by atoms with Gasteiger partial charge in [0.25, 0.3) is 10.1 Å². The third kappa shape index (κ3) is 4.22. The molecule has 5 nitrogen and oxygen atoms in total. The summed E-state index contributed by atoms with van der Waals surface area (Å²) < 4.78 is 38.7. The van der Waals surface area contributed by atoms with Crippen molar-refractivity contribution in [2.24, 2.45) is 17.8 Å². The highest BCUT2D eigenvalue weighted by Crippen LogP contribution is 2.45. The van der Waals surface area contributed by atoms with Crippen molar-refractivity contribution in [2.75, 3.05) is 26.1 Å². The van der Waals surface area contributed by atoms with E-state index in [-0.39, 0.29) is 5.79 Å². The van der Waals surface area contributed by atoms with Crippen LogP contribution < -0.4 is 0 Å². The normalized spacial score (nSPS) is 33.3. The van der Waals surface area contributed by atoms with Crippen molar-refractivity contribution in [3.05, 3.63) is 0 Å². The molecule has 0 N–H and O–H groups in total. The minimum atomic E-state index is -3.30. The van der Waals surface area contributed by atoms with Crippen LogP contribution >= 0.6 is 0 Å². The summed E-state index contributed by atoms with van der Waals surface area (Å²) in [7, 11) is -3.30. The Morgan fingerprint density at radius 3 is 2.05 bits per heavy atom. The van der Waals surface area contributed by atoms with Gasteiger partial charge < -0.3 is 9.47 Å². The van der Waals surface area contributed by atoms with Gasteiger partial charge in [-0.15, -0.1) is 0 Å². The number of hydrogen-bond donors (Lipinski definition) is 0. The van der Waals surface area contributed by atoms with Gasteiger partial charge in [-0.25, -0.2) is 0 Å². The van der Waals surface area contributed by atoms with E-state index in [9.17, 15) is 8.42 Å². The van der Waals surface area contributed by atoms with E-state index in [0.29, 0.717) is 12.5 Å². The summed E-state index contributed by atoms with van der Waals surface area (Å²) in [6.07, 6.45) is 10.2. The Labute approximate surface area is 133 Å². The van der Waals surface area contributed by atoms with Gasteiger partial charge in [0.15, 0.2) is 5.79 Å². The maximum absolute atomic E-state index is 11.1. The van der Waals surface area contributed by atoms with Gasteiger partial charge in [-0.2, -0.15) is 8.42 Å². The average Bonchev–Trinajstić information content (AvgIpc) is 2.94. The summed E-state index contributed by atoms with van der Waals surface area (Å²) in [4.78, 5) is 0. The molecule has 2 aliphatic carbocycles. The van der Waals surface area contributed by atoms with Crippen molar-refractivity contribution in [1.82, 2.24) is 0 Å². The summed E-state index contributed by atoms with van der Waals surface area (Å²) in [5.74, 6) is 1.72. The Kier molecular flexibility index (Phi) is 5.12. The predicted molar refractivity (Wildman–Crippen MR) is 82.8 cm³/mol. The van der Waals surface area contributed by atoms with Crippen LogP contribution in [0.1, 0.15) is 51.4 Å². The Morgan fingerprint density at radius 1 is 0.955 bits per heavy atom. The zero-order valence-corrected chi connectivity index (χ0v) is 14.3. The lowest BCUT2D eigenvalue weighted by molar-refractivity contribution is -0.185. The van der Waals surface area contributed by atoms with Crippen LogP contribution in [-0.4, -0.2) is 40.3 Å². The van der Waals surface area contributed by atoms with Crippen molar-refractivity contribution < 1.29 is 22.1 Å². The summed E-state index contributed by atoms with van der Waals surface area (Å²) in [5, 5.41) is 0. The monoisotopic (exact) mass is 332 g/mol. The largest absolute Gasteiger partial charge is 0.348 e. The van der Waals surface area contributed by atoms with Gasteiger partial charge in [-0.1, -0.05) is 0 Å². The molecule has 3 aliphatic rings. The van der Waals surface area contributed by atoms with Crippen molar-refractivity contribution >= 4 is 10.1 Å². The van der Waals surface area contributed by atoms with E-state index in [1.165, 1.54) is 25.7 Å². The molecule has 2 saturated carbocycles. The molecule has 3 rings (SSSR count). The second kappa shape index (κ2) is 6.75. The molecular formula is C16H28O5S. The maximum atomic E-state index is 11.1. The molecular weight excluding hydrogens is 304 g/mol. The van der Waals surface area contributed by atoms with Crippen molar-refractivity contribution in [3.63, 3.8) is 0 Å². The molecule has 1 spiro atoms. The van der Waals surface area contributed by atoms with Gasteiger partial charge in [0, 0.05) is 12.8 Å². The first-order valence-corrected chi connectivity index (χ1v) is 10.4. The molecule has 0 aromatic heterocycles. The van der Waals surface area contributed by atoms with E-state index in [4.69, 9.17) is 13.7 Å². The van der Waals surface area contributed by atoms with E-state index in [1.54, 1.807) is 0 Å². The SMILES string of the molecule is CS(=O)(=O)OCC1CCC(C2CCC3(CC2)OCCO3)CC1. The van der Waals surface area contributed by atoms with Gasteiger partial charge in [0.2, 0.25) is 0 Å². The van der Waals surface area contributed by atoms with Crippen molar-refractivity contribution in [1.29, 1.82) is 0 Å². The van der Waals surface area contributed by atoms with Crippen LogP contribution in [0, 0.1) is 17.8 Å². The van der Waals surface area contributed by atoms with Crippen LogP contribution in [0.5, 0.6) is 0 Å². The van der Waals surface area contributed by atoms with Gasteiger partial charge in [0.1, 0.15) is 0 Å². The minimum absolute atomic E-state index is 0.253. The molecule has 0 aromatic carbocycles. The van der Waals surface area contributed by atoms with E-state index in [1.807, 2.05) is 0 Å². The summed E-state index contributed by atoms with van der Waals surface area (Å²) >= 11 is 0. The summed E-state index contributed by atoms with van der Waals surface area (Å²) in [5.41, 5.74) is 0. The molecule has 0 radical (unpaired) electrons. The van der Waals surface area contributed by atoms with Crippen molar-refractivity contribution in [2.45, 2.75) is 57.2 Å². The Hall–Kier alpha value is -0.170. The lowest BCUT2D eigenvalue weighted by atomic mass is 9.70. The average molecular weight is 332 g/mol. The number of rotatable bonds is 4. The Balaban J connectivity index is 1.40. The smallest absolute Gasteiger partial charge is 0.264 e. The predicted octanol–water partition coefficient (Wildman–Crippen LogP) is 2.70. The molecule has 6 heteroatoms. The molecule has 0 atom stereocenters. The minimum Gasteiger partial charge on any atom is -0.348 e. The van der Waals surface area contributed by atoms with E-state index < -0.39 is 10.1 Å². The second-order valence-corrected chi connectivity index (χ2v) is 8.86. The molecule has 22 heavy (non-hydrogen) atoms. The van der Waals surface area contributed by atoms with Gasteiger partial charge in [0.05, 0.1) is 26.1 Å². The third-order valence-corrected chi connectivity index (χ3v) is 6.25. The molecule has 1 aliphatic heterocycles. The van der Waals surface area contributed by atoms with Gasteiger partial charge in [-0.05, 0) is 56.3 Å². The lowest BCUT2D eigenvalue weighted by Crippen LogP contribution is -2.37.